The molecular weight excluding hydrogens is 870 g/mol. The molecule has 0 aliphatic rings. The first kappa shape index (κ1) is 66.5. The fourth-order valence-electron chi connectivity index (χ4n) is 8.41. The molecule has 0 saturated heterocycles. The van der Waals surface area contributed by atoms with Gasteiger partial charge in [0.2, 0.25) is 0 Å². The Kier molecular flexibility index (Phi) is 49.3. The first-order chi connectivity index (χ1) is 33.0. The van der Waals surface area contributed by atoms with Crippen molar-refractivity contribution < 1.29 is 42.1 Å². The molecule has 1 N–H and O–H groups in total. The van der Waals surface area contributed by atoms with Crippen molar-refractivity contribution in [3.05, 3.63) is 24.3 Å². The summed E-state index contributed by atoms with van der Waals surface area (Å²) in [4.78, 5) is 35.5. The molecule has 2 atom stereocenters. The molecule has 0 bridgehead atoms. The highest BCUT2D eigenvalue weighted by atomic mass is 31.2. The lowest BCUT2D eigenvalue weighted by Gasteiger charge is -2.24. The van der Waals surface area contributed by atoms with E-state index in [-0.39, 0.29) is 32.0 Å². The van der Waals surface area contributed by atoms with Gasteiger partial charge in [-0.1, -0.05) is 237 Å². The van der Waals surface area contributed by atoms with Crippen LogP contribution in [0.2, 0.25) is 0 Å². The number of hydrogen-bond acceptors (Lipinski definition) is 7. The summed E-state index contributed by atoms with van der Waals surface area (Å²) in [6.45, 7) is 4.41. The van der Waals surface area contributed by atoms with Crippen molar-refractivity contribution in [3.8, 4) is 0 Å². The van der Waals surface area contributed by atoms with Crippen LogP contribution >= 0.6 is 7.82 Å². The lowest BCUT2D eigenvalue weighted by atomic mass is 10.0. The number of carbonyl (C=O) groups excluding carboxylic acids is 2. The number of phosphoric ester groups is 1. The van der Waals surface area contributed by atoms with E-state index in [1.54, 1.807) is 0 Å². The monoisotopic (exact) mass is 983 g/mol. The molecule has 0 aliphatic carbocycles. The van der Waals surface area contributed by atoms with Crippen LogP contribution in [-0.4, -0.2) is 74.9 Å². The summed E-state index contributed by atoms with van der Waals surface area (Å²) in [6, 6.07) is 0. The van der Waals surface area contributed by atoms with Gasteiger partial charge < -0.3 is 18.9 Å². The third-order valence-corrected chi connectivity index (χ3v) is 13.9. The summed E-state index contributed by atoms with van der Waals surface area (Å²) in [7, 11) is 1.48. The predicted octanol–water partition coefficient (Wildman–Crippen LogP) is 17.8. The smallest absolute Gasteiger partial charge is 0.462 e. The number of quaternary nitrogens is 1. The van der Waals surface area contributed by atoms with Crippen molar-refractivity contribution in [1.82, 2.24) is 0 Å². The summed E-state index contributed by atoms with van der Waals surface area (Å²) < 4.78 is 34.4. The Morgan fingerprint density at radius 2 is 0.765 bits per heavy atom. The fourth-order valence-corrected chi connectivity index (χ4v) is 9.15. The van der Waals surface area contributed by atoms with E-state index in [4.69, 9.17) is 18.5 Å². The van der Waals surface area contributed by atoms with Crippen molar-refractivity contribution in [2.45, 2.75) is 290 Å². The molecule has 0 aromatic rings. The van der Waals surface area contributed by atoms with Crippen molar-refractivity contribution in [2.75, 3.05) is 47.5 Å². The van der Waals surface area contributed by atoms with E-state index in [2.05, 4.69) is 38.2 Å². The van der Waals surface area contributed by atoms with Gasteiger partial charge in [-0.25, -0.2) is 4.57 Å². The number of ether oxygens (including phenoxy) is 2. The lowest BCUT2D eigenvalue weighted by molar-refractivity contribution is -0.870. The van der Waals surface area contributed by atoms with Gasteiger partial charge in [0.15, 0.2) is 6.10 Å². The van der Waals surface area contributed by atoms with E-state index in [9.17, 15) is 19.0 Å². The molecule has 0 amide bonds. The minimum Gasteiger partial charge on any atom is -0.462 e. The largest absolute Gasteiger partial charge is 0.472 e. The normalized spacial score (nSPS) is 13.4. The van der Waals surface area contributed by atoms with E-state index >= 15 is 0 Å². The maximum atomic E-state index is 12.8. The Labute approximate surface area is 421 Å². The average Bonchev–Trinajstić information content (AvgIpc) is 3.30. The van der Waals surface area contributed by atoms with Crippen LogP contribution in [0.5, 0.6) is 0 Å². The topological polar surface area (TPSA) is 108 Å². The first-order valence-corrected chi connectivity index (χ1v) is 30.6. The van der Waals surface area contributed by atoms with Gasteiger partial charge in [0, 0.05) is 12.8 Å². The highest BCUT2D eigenvalue weighted by molar-refractivity contribution is 7.47. The molecule has 0 heterocycles. The highest BCUT2D eigenvalue weighted by Crippen LogP contribution is 2.43. The number of phosphoric acid groups is 1. The zero-order valence-corrected chi connectivity index (χ0v) is 46.5. The zero-order chi connectivity index (χ0) is 49.9. The number of allylic oxidation sites excluding steroid dienone is 4. The van der Waals surface area contributed by atoms with E-state index in [1.165, 1.54) is 193 Å². The van der Waals surface area contributed by atoms with Crippen LogP contribution in [0.3, 0.4) is 0 Å². The van der Waals surface area contributed by atoms with Crippen LogP contribution in [0, 0.1) is 0 Å². The van der Waals surface area contributed by atoms with E-state index in [0.29, 0.717) is 17.4 Å². The predicted molar refractivity (Wildman–Crippen MR) is 289 cm³/mol. The molecule has 0 saturated carbocycles. The summed E-state index contributed by atoms with van der Waals surface area (Å²) in [5.41, 5.74) is 0. The SMILES string of the molecule is CCCC/C=C\CCCCCCCC(=O)OCC(COP(=O)(O)OCC[N+](C)(C)C)OC(=O)CCCCCCCCCCCCCCCCCCCCCCC/C=C\CCCCCCCCCC. The van der Waals surface area contributed by atoms with Gasteiger partial charge in [-0.2, -0.15) is 0 Å². The van der Waals surface area contributed by atoms with Crippen molar-refractivity contribution in [1.29, 1.82) is 0 Å². The Hall–Kier alpha value is -1.51. The van der Waals surface area contributed by atoms with E-state index in [0.717, 1.165) is 57.8 Å². The third-order valence-electron chi connectivity index (χ3n) is 13.0. The van der Waals surface area contributed by atoms with Gasteiger partial charge in [0.1, 0.15) is 19.8 Å². The van der Waals surface area contributed by atoms with Gasteiger partial charge in [-0.3, -0.25) is 18.6 Å². The molecule has 68 heavy (non-hydrogen) atoms. The Balaban J connectivity index is 3.93. The lowest BCUT2D eigenvalue weighted by Crippen LogP contribution is -2.37. The van der Waals surface area contributed by atoms with Gasteiger partial charge in [0.05, 0.1) is 27.7 Å². The third kappa shape index (κ3) is 53.8. The van der Waals surface area contributed by atoms with E-state index in [1.807, 2.05) is 21.1 Å². The summed E-state index contributed by atoms with van der Waals surface area (Å²) in [5.74, 6) is -0.797. The van der Waals surface area contributed by atoms with Crippen molar-refractivity contribution in [2.24, 2.45) is 0 Å². The number of unbranched alkanes of at least 4 members (excludes halogenated alkanes) is 36. The van der Waals surface area contributed by atoms with Crippen LogP contribution in [-0.2, 0) is 32.7 Å². The Morgan fingerprint density at radius 3 is 1.13 bits per heavy atom. The molecule has 0 aliphatic heterocycles. The highest BCUT2D eigenvalue weighted by Gasteiger charge is 2.27. The quantitative estimate of drug-likeness (QED) is 0.0211. The molecule has 0 aromatic heterocycles. The zero-order valence-electron chi connectivity index (χ0n) is 45.6. The second kappa shape index (κ2) is 50.4. The molecule has 0 radical (unpaired) electrons. The van der Waals surface area contributed by atoms with E-state index < -0.39 is 26.5 Å². The van der Waals surface area contributed by atoms with Crippen molar-refractivity contribution in [3.63, 3.8) is 0 Å². The number of rotatable bonds is 54. The standard InChI is InChI=1S/C58H112NO8P/c1-6-8-10-12-14-16-18-19-20-21-22-23-24-25-26-27-28-29-30-31-32-33-34-35-36-37-38-39-41-43-45-47-49-51-58(61)67-56(55-66-68(62,63)65-53-52-59(3,4)5)54-64-57(60)50-48-46-44-42-40-17-15-13-11-9-7-2/h13,15,21-22,56H,6-12,14,16-20,23-55H2,1-5H3/p+1/b15-13-,22-21-. The van der Waals surface area contributed by atoms with Crippen LogP contribution in [0.15, 0.2) is 24.3 Å². The molecule has 0 fully saturated rings. The summed E-state index contributed by atoms with van der Waals surface area (Å²) in [5, 5.41) is 0. The van der Waals surface area contributed by atoms with Crippen LogP contribution in [0.4, 0.5) is 0 Å². The maximum Gasteiger partial charge on any atom is 0.472 e. The average molecular weight is 984 g/mol. The van der Waals surface area contributed by atoms with Gasteiger partial charge in [0.25, 0.3) is 0 Å². The van der Waals surface area contributed by atoms with Crippen molar-refractivity contribution >= 4 is 19.8 Å². The van der Waals surface area contributed by atoms with Crippen LogP contribution in [0.1, 0.15) is 284 Å². The Morgan fingerprint density at radius 1 is 0.441 bits per heavy atom. The van der Waals surface area contributed by atoms with Gasteiger partial charge >= 0.3 is 19.8 Å². The number of hydrogen-bond donors (Lipinski definition) is 1. The molecule has 402 valence electrons. The molecule has 0 rings (SSSR count). The number of likely N-dealkylation sites (N-methyl/N-ethyl adjacent to an activating group) is 1. The minimum atomic E-state index is -4.38. The van der Waals surface area contributed by atoms with Gasteiger partial charge in [-0.05, 0) is 57.8 Å². The molecule has 0 aromatic carbocycles. The fraction of sp³-hybridized carbons (Fsp3) is 0.897. The molecule has 2 unspecified atom stereocenters. The molecule has 0 spiro atoms. The van der Waals surface area contributed by atoms with Gasteiger partial charge in [-0.15, -0.1) is 0 Å². The minimum absolute atomic E-state index is 0.0329. The van der Waals surface area contributed by atoms with Crippen LogP contribution < -0.4 is 0 Å². The maximum absolute atomic E-state index is 12.8. The second-order valence-electron chi connectivity index (χ2n) is 21.0. The molecule has 10 heteroatoms. The number of carbonyl (C=O) groups is 2. The summed E-state index contributed by atoms with van der Waals surface area (Å²) >= 11 is 0. The Bertz CT molecular complexity index is 1200. The molecule has 9 nitrogen and oxygen atoms in total. The number of nitrogens with zero attached hydrogens (tertiary/aromatic N) is 1. The second-order valence-corrected chi connectivity index (χ2v) is 22.5. The number of esters is 2. The molecular formula is C58H113NO8P+. The van der Waals surface area contributed by atoms with Crippen LogP contribution in [0.25, 0.3) is 0 Å². The first-order valence-electron chi connectivity index (χ1n) is 29.1. The summed E-state index contributed by atoms with van der Waals surface area (Å²) in [6.07, 6.45) is 59.9.